The molecule has 0 saturated carbocycles. The number of carbonyl (C=O) groups excluding carboxylic acids is 2. The van der Waals surface area contributed by atoms with Gasteiger partial charge in [-0.05, 0) is 24.6 Å². The van der Waals surface area contributed by atoms with Gasteiger partial charge in [-0.25, -0.2) is 0 Å². The second-order valence-electron chi connectivity index (χ2n) is 6.32. The van der Waals surface area contributed by atoms with Crippen LogP contribution in [0.1, 0.15) is 18.9 Å². The van der Waals surface area contributed by atoms with Crippen LogP contribution in [0.4, 0.5) is 0 Å². The van der Waals surface area contributed by atoms with Crippen LogP contribution in [0, 0.1) is 0 Å². The molecule has 0 unspecified atom stereocenters. The normalized spacial score (nSPS) is 17.6. The number of halogens is 1. The van der Waals surface area contributed by atoms with E-state index in [1.807, 2.05) is 26.2 Å². The largest absolute Gasteiger partial charge is 0.382 e. The molecule has 1 heterocycles. The highest BCUT2D eigenvalue weighted by Crippen LogP contribution is 2.18. The molecular formula is C17H24ClN4O3+. The number of rotatable bonds is 7. The lowest BCUT2D eigenvalue weighted by molar-refractivity contribution is -0.856. The van der Waals surface area contributed by atoms with Crippen LogP contribution in [0.5, 0.6) is 0 Å². The van der Waals surface area contributed by atoms with Gasteiger partial charge < -0.3 is 20.4 Å². The maximum Gasteiger partial charge on any atom is 0.264 e. The van der Waals surface area contributed by atoms with Gasteiger partial charge in [-0.3, -0.25) is 9.59 Å². The molecular weight excluding hydrogens is 344 g/mol. The zero-order valence-electron chi connectivity index (χ0n) is 14.6. The summed E-state index contributed by atoms with van der Waals surface area (Å²) in [5.41, 5.74) is 1.54. The molecule has 1 aliphatic rings. The summed E-state index contributed by atoms with van der Waals surface area (Å²) in [6.45, 7) is 3.02. The summed E-state index contributed by atoms with van der Waals surface area (Å²) in [6, 6.07) is 6.54. The molecule has 3 N–H and O–H groups in total. The molecule has 0 radical (unpaired) electrons. The third kappa shape index (κ3) is 5.72. The van der Waals surface area contributed by atoms with Crippen LogP contribution in [-0.2, 0) is 14.4 Å². The number of benzene rings is 1. The topological polar surface area (TPSA) is 84.2 Å². The van der Waals surface area contributed by atoms with Gasteiger partial charge in [0.2, 0.25) is 12.0 Å². The summed E-state index contributed by atoms with van der Waals surface area (Å²) in [6.07, 6.45) is -0.377. The number of amides is 2. The molecule has 1 aromatic rings. The molecule has 8 heteroatoms. The number of hydrogen-bond acceptors (Lipinski definition) is 4. The zero-order chi connectivity index (χ0) is 18.4. The van der Waals surface area contributed by atoms with Crippen molar-refractivity contribution in [3.8, 4) is 0 Å². The van der Waals surface area contributed by atoms with Crippen LogP contribution >= 0.6 is 11.6 Å². The molecule has 0 saturated heterocycles. The smallest absolute Gasteiger partial charge is 0.264 e. The number of nitrogens with zero attached hydrogens (tertiary/aromatic N) is 1. The minimum atomic E-state index is -0.729. The third-order valence-corrected chi connectivity index (χ3v) is 4.07. The zero-order valence-corrected chi connectivity index (χ0v) is 15.4. The molecule has 0 fully saturated rings. The lowest BCUT2D eigenvalue weighted by atomic mass is 10.0. The van der Waals surface area contributed by atoms with Crippen LogP contribution in [-0.4, -0.2) is 56.9 Å². The van der Waals surface area contributed by atoms with Gasteiger partial charge >= 0.3 is 0 Å². The number of likely N-dealkylation sites (N-methyl/N-ethyl adjacent to an activating group) is 1. The van der Waals surface area contributed by atoms with E-state index in [0.717, 1.165) is 12.1 Å². The highest BCUT2D eigenvalue weighted by atomic mass is 35.5. The molecule has 0 aliphatic carbocycles. The van der Waals surface area contributed by atoms with Crippen LogP contribution < -0.4 is 15.5 Å². The van der Waals surface area contributed by atoms with Gasteiger partial charge in [0.1, 0.15) is 6.04 Å². The fraction of sp³-hybridized carbons (Fsp3) is 0.471. The van der Waals surface area contributed by atoms with Crippen molar-refractivity contribution < 1.29 is 19.3 Å². The summed E-state index contributed by atoms with van der Waals surface area (Å²) in [4.78, 5) is 30.7. The van der Waals surface area contributed by atoms with E-state index in [2.05, 4.69) is 15.8 Å². The Balaban J connectivity index is 1.80. The highest BCUT2D eigenvalue weighted by Gasteiger charge is 2.30. The second kappa shape index (κ2) is 8.82. The number of oxime groups is 1. The quantitative estimate of drug-likeness (QED) is 0.613. The standard InChI is InChI=1S/C17H23ClN4O3/c1-11(16(23)19-8-9-22(2)3)20-17(24)15-10-14(21-25-15)12-4-6-13(18)7-5-12/h4-7,11,15H,8-10H2,1-3H3,(H,19,23)(H,20,24)/p+1/t11-,15-/m0/s1. The van der Waals surface area contributed by atoms with Crippen LogP contribution in [0.25, 0.3) is 0 Å². The van der Waals surface area contributed by atoms with Gasteiger partial charge in [0, 0.05) is 11.4 Å². The van der Waals surface area contributed by atoms with Gasteiger partial charge in [0.15, 0.2) is 0 Å². The van der Waals surface area contributed by atoms with Gasteiger partial charge in [0.25, 0.3) is 5.91 Å². The van der Waals surface area contributed by atoms with E-state index in [1.54, 1.807) is 19.1 Å². The lowest BCUT2D eigenvalue weighted by Crippen LogP contribution is -3.06. The maximum absolute atomic E-state index is 12.3. The average Bonchev–Trinajstić information content (AvgIpc) is 3.05. The SMILES string of the molecule is C[C@H](NC(=O)[C@@H]1CC(c2ccc(Cl)cc2)=NO1)C(=O)NCC[NH+](C)C. The van der Waals surface area contributed by atoms with Crippen LogP contribution in [0.3, 0.4) is 0 Å². The summed E-state index contributed by atoms with van der Waals surface area (Å²) < 4.78 is 0. The maximum atomic E-state index is 12.3. The molecule has 2 atom stereocenters. The Bertz CT molecular complexity index is 646. The van der Waals surface area contributed by atoms with Crippen LogP contribution in [0.15, 0.2) is 29.4 Å². The minimum absolute atomic E-state index is 0.216. The number of carbonyl (C=O) groups is 2. The Kier molecular flexibility index (Phi) is 6.78. The summed E-state index contributed by atoms with van der Waals surface area (Å²) in [5, 5.41) is 10.1. The molecule has 2 amide bonds. The second-order valence-corrected chi connectivity index (χ2v) is 6.76. The first-order valence-electron chi connectivity index (χ1n) is 8.22. The van der Waals surface area contributed by atoms with Crippen molar-refractivity contribution in [2.45, 2.75) is 25.5 Å². The van der Waals surface area contributed by atoms with E-state index in [9.17, 15) is 9.59 Å². The molecule has 0 spiro atoms. The molecule has 7 nitrogen and oxygen atoms in total. The predicted molar refractivity (Wildman–Crippen MR) is 95.8 cm³/mol. The van der Waals surface area contributed by atoms with Crippen molar-refractivity contribution in [2.24, 2.45) is 5.16 Å². The Morgan fingerprint density at radius 2 is 2.04 bits per heavy atom. The molecule has 0 bridgehead atoms. The first-order valence-corrected chi connectivity index (χ1v) is 8.60. The Labute approximate surface area is 152 Å². The molecule has 1 aliphatic heterocycles. The summed E-state index contributed by atoms with van der Waals surface area (Å²) in [5.74, 6) is -0.569. The van der Waals surface area contributed by atoms with Gasteiger partial charge in [-0.15, -0.1) is 0 Å². The van der Waals surface area contributed by atoms with E-state index >= 15 is 0 Å². The van der Waals surface area contributed by atoms with E-state index in [1.165, 1.54) is 4.90 Å². The van der Waals surface area contributed by atoms with Crippen molar-refractivity contribution in [3.63, 3.8) is 0 Å². The van der Waals surface area contributed by atoms with Gasteiger partial charge in [-0.2, -0.15) is 0 Å². The fourth-order valence-corrected chi connectivity index (χ4v) is 2.42. The Hall–Kier alpha value is -2.12. The summed E-state index contributed by atoms with van der Waals surface area (Å²) in [7, 11) is 4.01. The van der Waals surface area contributed by atoms with Gasteiger partial charge in [0.05, 0.1) is 32.9 Å². The fourth-order valence-electron chi connectivity index (χ4n) is 2.29. The number of nitrogens with one attached hydrogen (secondary N) is 3. The molecule has 1 aromatic carbocycles. The Morgan fingerprint density at radius 3 is 2.68 bits per heavy atom. The summed E-state index contributed by atoms with van der Waals surface area (Å²) >= 11 is 5.86. The minimum Gasteiger partial charge on any atom is -0.382 e. The molecule has 2 rings (SSSR count). The number of quaternary nitrogens is 1. The monoisotopic (exact) mass is 367 g/mol. The van der Waals surface area contributed by atoms with Gasteiger partial charge in [-0.1, -0.05) is 28.9 Å². The third-order valence-electron chi connectivity index (χ3n) is 3.82. The lowest BCUT2D eigenvalue weighted by Gasteiger charge is -2.16. The molecule has 136 valence electrons. The van der Waals surface area contributed by atoms with Crippen molar-refractivity contribution in [3.05, 3.63) is 34.9 Å². The van der Waals surface area contributed by atoms with E-state index in [0.29, 0.717) is 23.7 Å². The first-order chi connectivity index (χ1) is 11.9. The van der Waals surface area contributed by atoms with E-state index in [4.69, 9.17) is 16.4 Å². The van der Waals surface area contributed by atoms with E-state index in [-0.39, 0.29) is 11.8 Å². The molecule has 0 aromatic heterocycles. The Morgan fingerprint density at radius 1 is 1.36 bits per heavy atom. The predicted octanol–water partition coefficient (Wildman–Crippen LogP) is -0.402. The average molecular weight is 368 g/mol. The molecule has 25 heavy (non-hydrogen) atoms. The first kappa shape index (κ1) is 19.2. The highest BCUT2D eigenvalue weighted by molar-refractivity contribution is 6.30. The number of hydrogen-bond donors (Lipinski definition) is 3. The van der Waals surface area contributed by atoms with E-state index < -0.39 is 12.1 Å². The van der Waals surface area contributed by atoms with Crippen LogP contribution in [0.2, 0.25) is 5.02 Å². The van der Waals surface area contributed by atoms with Crippen molar-refractivity contribution >= 4 is 29.1 Å². The van der Waals surface area contributed by atoms with Crippen molar-refractivity contribution in [1.29, 1.82) is 0 Å². The van der Waals surface area contributed by atoms with Crippen molar-refractivity contribution in [1.82, 2.24) is 10.6 Å². The van der Waals surface area contributed by atoms with Crippen molar-refractivity contribution in [2.75, 3.05) is 27.2 Å².